The van der Waals surface area contributed by atoms with Crippen LogP contribution in [0.5, 0.6) is 11.8 Å². The van der Waals surface area contributed by atoms with Gasteiger partial charge in [0.15, 0.2) is 11.6 Å². The molecule has 0 unspecified atom stereocenters. The predicted molar refractivity (Wildman–Crippen MR) is 58.5 cm³/mol. The Kier molecular flexibility index (Phi) is 3.40. The molecule has 88 valence electrons. The molecule has 2 aromatic rings. The van der Waals surface area contributed by atoms with Crippen LogP contribution in [-0.4, -0.2) is 9.97 Å². The van der Waals surface area contributed by atoms with Gasteiger partial charge in [0.05, 0.1) is 0 Å². The van der Waals surface area contributed by atoms with Crippen LogP contribution in [0.4, 0.5) is 8.78 Å². The lowest BCUT2D eigenvalue weighted by atomic mass is 10.3. The van der Waals surface area contributed by atoms with E-state index < -0.39 is 11.6 Å². The van der Waals surface area contributed by atoms with Gasteiger partial charge in [-0.3, -0.25) is 0 Å². The number of hydrogen-bond acceptors (Lipinski definition) is 3. The van der Waals surface area contributed by atoms with Crippen molar-refractivity contribution in [1.29, 1.82) is 0 Å². The van der Waals surface area contributed by atoms with Crippen molar-refractivity contribution < 1.29 is 13.5 Å². The van der Waals surface area contributed by atoms with Crippen LogP contribution in [-0.2, 0) is 0 Å². The molecule has 0 radical (unpaired) electrons. The number of aromatic nitrogens is 2. The van der Waals surface area contributed by atoms with Gasteiger partial charge in [-0.25, -0.2) is 8.78 Å². The molecule has 1 aromatic carbocycles. The van der Waals surface area contributed by atoms with E-state index in [1.807, 2.05) is 0 Å². The van der Waals surface area contributed by atoms with E-state index in [0.29, 0.717) is 6.07 Å². The summed E-state index contributed by atoms with van der Waals surface area (Å²) in [7, 11) is 0. The Labute approximate surface area is 105 Å². The average Bonchev–Trinajstić information content (AvgIpc) is 2.21. The van der Waals surface area contributed by atoms with Crippen LogP contribution >= 0.6 is 23.2 Å². The van der Waals surface area contributed by atoms with Crippen LogP contribution in [0.2, 0.25) is 10.3 Å². The molecule has 0 fully saturated rings. The van der Waals surface area contributed by atoms with E-state index in [0.717, 1.165) is 12.1 Å². The van der Waals surface area contributed by atoms with Gasteiger partial charge < -0.3 is 4.74 Å². The van der Waals surface area contributed by atoms with E-state index in [2.05, 4.69) is 9.97 Å². The number of benzene rings is 1. The van der Waals surface area contributed by atoms with Crippen molar-refractivity contribution in [2.75, 3.05) is 0 Å². The summed E-state index contributed by atoms with van der Waals surface area (Å²) in [5, 5.41) is 0.116. The van der Waals surface area contributed by atoms with E-state index in [1.165, 1.54) is 6.07 Å². The number of nitrogens with zero attached hydrogens (tertiary/aromatic N) is 2. The summed E-state index contributed by atoms with van der Waals surface area (Å²) in [5.41, 5.74) is 0. The first-order chi connectivity index (χ1) is 8.04. The fourth-order valence-corrected chi connectivity index (χ4v) is 1.48. The second-order valence-corrected chi connectivity index (χ2v) is 3.75. The lowest BCUT2D eigenvalue weighted by Gasteiger charge is -2.05. The van der Waals surface area contributed by atoms with Gasteiger partial charge in [0.25, 0.3) is 0 Å². The first-order valence-corrected chi connectivity index (χ1v) is 5.13. The zero-order chi connectivity index (χ0) is 12.4. The molecule has 0 aliphatic rings. The molecule has 0 atom stereocenters. The molecule has 0 spiro atoms. The maximum absolute atomic E-state index is 13.3. The summed E-state index contributed by atoms with van der Waals surface area (Å²) in [4.78, 5) is 7.36. The average molecular weight is 277 g/mol. The van der Waals surface area contributed by atoms with Gasteiger partial charge in [-0.2, -0.15) is 9.97 Å². The summed E-state index contributed by atoms with van der Waals surface area (Å²) in [6.07, 6.45) is 0. The Morgan fingerprint density at radius 2 is 1.65 bits per heavy atom. The molecule has 2 rings (SSSR count). The summed E-state index contributed by atoms with van der Waals surface area (Å²) >= 11 is 11.2. The Bertz CT molecular complexity index is 546. The lowest BCUT2D eigenvalue weighted by Crippen LogP contribution is -1.95. The zero-order valence-electron chi connectivity index (χ0n) is 8.12. The smallest absolute Gasteiger partial charge is 0.324 e. The van der Waals surface area contributed by atoms with Crippen molar-refractivity contribution in [1.82, 2.24) is 9.97 Å². The third-order valence-corrected chi connectivity index (χ3v) is 2.13. The second kappa shape index (κ2) is 4.81. The molecule has 0 saturated heterocycles. The second-order valence-electron chi connectivity index (χ2n) is 2.97. The Morgan fingerprint density at radius 3 is 2.24 bits per heavy atom. The highest BCUT2D eigenvalue weighted by Crippen LogP contribution is 2.24. The Balaban J connectivity index is 2.31. The Hall–Kier alpha value is -1.46. The van der Waals surface area contributed by atoms with E-state index in [-0.39, 0.29) is 22.1 Å². The molecule has 0 bridgehead atoms. The summed E-state index contributed by atoms with van der Waals surface area (Å²) in [6, 6.07) is 3.93. The van der Waals surface area contributed by atoms with E-state index in [9.17, 15) is 8.78 Å². The van der Waals surface area contributed by atoms with Crippen molar-refractivity contribution in [3.8, 4) is 11.8 Å². The molecule has 0 amide bonds. The molecule has 0 aliphatic heterocycles. The normalized spacial score (nSPS) is 10.4. The highest BCUT2D eigenvalue weighted by atomic mass is 35.5. The number of rotatable bonds is 2. The first-order valence-electron chi connectivity index (χ1n) is 4.37. The van der Waals surface area contributed by atoms with Crippen LogP contribution in [0, 0.1) is 11.6 Å². The molecule has 0 saturated carbocycles. The molecule has 1 heterocycles. The molecule has 3 nitrogen and oxygen atoms in total. The molecule has 0 aliphatic carbocycles. The highest BCUT2D eigenvalue weighted by molar-refractivity contribution is 6.33. The monoisotopic (exact) mass is 276 g/mol. The standard InChI is InChI=1S/C10H4Cl2F2N2O/c11-8-4-9(12)16-10(15-8)17-7-2-1-5(13)3-6(7)14/h1-4H. The number of hydrogen-bond donors (Lipinski definition) is 0. The summed E-state index contributed by atoms with van der Waals surface area (Å²) in [5.74, 6) is -1.80. The topological polar surface area (TPSA) is 35.0 Å². The van der Waals surface area contributed by atoms with E-state index in [4.69, 9.17) is 27.9 Å². The molecule has 7 heteroatoms. The van der Waals surface area contributed by atoms with Gasteiger partial charge in [0.1, 0.15) is 16.1 Å². The maximum Gasteiger partial charge on any atom is 0.324 e. The summed E-state index contributed by atoms with van der Waals surface area (Å²) in [6.45, 7) is 0. The van der Waals surface area contributed by atoms with Crippen LogP contribution in [0.3, 0.4) is 0 Å². The van der Waals surface area contributed by atoms with Gasteiger partial charge in [0, 0.05) is 12.1 Å². The van der Waals surface area contributed by atoms with E-state index >= 15 is 0 Å². The lowest BCUT2D eigenvalue weighted by molar-refractivity contribution is 0.408. The van der Waals surface area contributed by atoms with Gasteiger partial charge in [0.2, 0.25) is 0 Å². The van der Waals surface area contributed by atoms with Crippen molar-refractivity contribution >= 4 is 23.2 Å². The number of ether oxygens (including phenoxy) is 1. The van der Waals surface area contributed by atoms with Gasteiger partial charge in [-0.05, 0) is 12.1 Å². The largest absolute Gasteiger partial charge is 0.421 e. The molecule has 17 heavy (non-hydrogen) atoms. The quantitative estimate of drug-likeness (QED) is 0.782. The third-order valence-electron chi connectivity index (χ3n) is 1.74. The van der Waals surface area contributed by atoms with Gasteiger partial charge in [-0.1, -0.05) is 23.2 Å². The molecule has 0 N–H and O–H groups in total. The van der Waals surface area contributed by atoms with Crippen molar-refractivity contribution in [2.24, 2.45) is 0 Å². The van der Waals surface area contributed by atoms with Gasteiger partial charge in [-0.15, -0.1) is 0 Å². The zero-order valence-corrected chi connectivity index (χ0v) is 9.64. The molecular formula is C10H4Cl2F2N2O. The summed E-state index contributed by atoms with van der Waals surface area (Å²) < 4.78 is 30.9. The Morgan fingerprint density at radius 1 is 1.00 bits per heavy atom. The van der Waals surface area contributed by atoms with Crippen molar-refractivity contribution in [3.63, 3.8) is 0 Å². The highest BCUT2D eigenvalue weighted by Gasteiger charge is 2.09. The van der Waals surface area contributed by atoms with Crippen molar-refractivity contribution in [2.45, 2.75) is 0 Å². The van der Waals surface area contributed by atoms with Crippen LogP contribution in [0.1, 0.15) is 0 Å². The fourth-order valence-electron chi connectivity index (χ4n) is 1.07. The van der Waals surface area contributed by atoms with E-state index in [1.54, 1.807) is 0 Å². The minimum atomic E-state index is -0.871. The maximum atomic E-state index is 13.3. The molecule has 1 aromatic heterocycles. The van der Waals surface area contributed by atoms with Crippen LogP contribution in [0.25, 0.3) is 0 Å². The van der Waals surface area contributed by atoms with Gasteiger partial charge >= 0.3 is 6.01 Å². The SMILES string of the molecule is Fc1ccc(Oc2nc(Cl)cc(Cl)n2)c(F)c1. The van der Waals surface area contributed by atoms with Crippen molar-refractivity contribution in [3.05, 3.63) is 46.2 Å². The predicted octanol–water partition coefficient (Wildman–Crippen LogP) is 3.85. The fraction of sp³-hybridized carbons (Fsp3) is 0. The first kappa shape index (κ1) is 12.0. The third kappa shape index (κ3) is 3.01. The number of halogens is 4. The van der Waals surface area contributed by atoms with Crippen LogP contribution < -0.4 is 4.74 Å². The minimum Gasteiger partial charge on any atom is -0.421 e. The van der Waals surface area contributed by atoms with Crippen LogP contribution in [0.15, 0.2) is 24.3 Å². The molecular weight excluding hydrogens is 273 g/mol. The minimum absolute atomic E-state index is 0.0579.